The van der Waals surface area contributed by atoms with Crippen LogP contribution in [0.15, 0.2) is 16.3 Å². The van der Waals surface area contributed by atoms with E-state index in [-0.39, 0.29) is 10.6 Å². The van der Waals surface area contributed by atoms with E-state index in [9.17, 15) is 13.2 Å². The molecule has 0 saturated heterocycles. The number of nitrogens with one attached hydrogen (secondary N) is 1. The normalized spacial score (nSPS) is 14.1. The van der Waals surface area contributed by atoms with Gasteiger partial charge in [-0.15, -0.1) is 22.7 Å². The molecule has 0 aromatic carbocycles. The van der Waals surface area contributed by atoms with Gasteiger partial charge in [0, 0.05) is 9.75 Å². The largest absolute Gasteiger partial charge is 0.481 e. The predicted molar refractivity (Wildman–Crippen MR) is 80.6 cm³/mol. The van der Waals surface area contributed by atoms with Crippen LogP contribution in [-0.2, 0) is 34.1 Å². The van der Waals surface area contributed by atoms with Gasteiger partial charge in [0.15, 0.2) is 5.13 Å². The Labute approximate surface area is 129 Å². The lowest BCUT2D eigenvalue weighted by Crippen LogP contribution is -2.11. The first-order chi connectivity index (χ1) is 9.94. The van der Waals surface area contributed by atoms with Crippen LogP contribution in [0.4, 0.5) is 5.13 Å². The van der Waals surface area contributed by atoms with Gasteiger partial charge >= 0.3 is 5.97 Å². The summed E-state index contributed by atoms with van der Waals surface area (Å²) in [6.07, 6.45) is 2.75. The summed E-state index contributed by atoms with van der Waals surface area (Å²) in [6, 6.07) is 2.95. The summed E-state index contributed by atoms with van der Waals surface area (Å²) >= 11 is 2.33. The third-order valence-electron chi connectivity index (χ3n) is 3.04. The zero-order chi connectivity index (χ0) is 15.0. The van der Waals surface area contributed by atoms with Crippen molar-refractivity contribution in [1.82, 2.24) is 4.98 Å². The van der Waals surface area contributed by atoms with E-state index < -0.39 is 16.0 Å². The fraction of sp³-hybridized carbons (Fsp3) is 0.333. The highest BCUT2D eigenvalue weighted by Gasteiger charge is 2.22. The molecular formula is C12H12N2O4S3. The molecule has 1 aliphatic carbocycles. The Bertz CT molecular complexity index is 770. The highest BCUT2D eigenvalue weighted by atomic mass is 32.2. The second-order valence-corrected chi connectivity index (χ2v) is 8.80. The fourth-order valence-electron chi connectivity index (χ4n) is 2.15. The molecule has 2 N–H and O–H groups in total. The van der Waals surface area contributed by atoms with Crippen molar-refractivity contribution in [2.45, 2.75) is 29.9 Å². The number of aryl methyl sites for hydroxylation is 2. The summed E-state index contributed by atoms with van der Waals surface area (Å²) in [4.78, 5) is 16.6. The molecule has 9 heteroatoms. The molecule has 0 bridgehead atoms. The Balaban J connectivity index is 1.79. The van der Waals surface area contributed by atoms with Crippen LogP contribution >= 0.6 is 22.7 Å². The van der Waals surface area contributed by atoms with Gasteiger partial charge in [0.05, 0.1) is 12.1 Å². The van der Waals surface area contributed by atoms with Crippen LogP contribution in [0.2, 0.25) is 0 Å². The molecule has 6 nitrogen and oxygen atoms in total. The number of hydrogen-bond acceptors (Lipinski definition) is 6. The SMILES string of the molecule is O=C(O)Cc1ccc(S(=O)(=O)Nc2nc3c(s2)CCC3)s1. The van der Waals surface area contributed by atoms with Crippen molar-refractivity contribution in [3.8, 4) is 0 Å². The average molecular weight is 344 g/mol. The predicted octanol–water partition coefficient (Wildman–Crippen LogP) is 2.12. The minimum absolute atomic E-state index is 0.106. The summed E-state index contributed by atoms with van der Waals surface area (Å²) in [5.41, 5.74) is 0.982. The van der Waals surface area contributed by atoms with Gasteiger partial charge < -0.3 is 5.11 Å². The molecule has 0 spiro atoms. The first kappa shape index (κ1) is 14.5. The zero-order valence-electron chi connectivity index (χ0n) is 10.8. The van der Waals surface area contributed by atoms with Gasteiger partial charge in [-0.2, -0.15) is 0 Å². The monoisotopic (exact) mass is 344 g/mol. The number of hydrogen-bond donors (Lipinski definition) is 2. The molecule has 0 aliphatic heterocycles. The first-order valence-corrected chi connectivity index (χ1v) is 9.37. The van der Waals surface area contributed by atoms with E-state index in [2.05, 4.69) is 9.71 Å². The van der Waals surface area contributed by atoms with Crippen molar-refractivity contribution in [3.63, 3.8) is 0 Å². The topological polar surface area (TPSA) is 96.4 Å². The minimum Gasteiger partial charge on any atom is -0.481 e. The molecule has 1 aliphatic rings. The molecule has 0 atom stereocenters. The van der Waals surface area contributed by atoms with Crippen molar-refractivity contribution < 1.29 is 18.3 Å². The highest BCUT2D eigenvalue weighted by molar-refractivity contribution is 7.94. The number of carbonyl (C=O) groups is 1. The number of carboxylic acids is 1. The summed E-state index contributed by atoms with van der Waals surface area (Å²) < 4.78 is 27.1. The van der Waals surface area contributed by atoms with Crippen LogP contribution < -0.4 is 4.72 Å². The quantitative estimate of drug-likeness (QED) is 0.866. The number of rotatable bonds is 5. The van der Waals surface area contributed by atoms with E-state index in [0.717, 1.165) is 41.2 Å². The number of aliphatic carboxylic acids is 1. The number of anilines is 1. The van der Waals surface area contributed by atoms with Crippen LogP contribution in [0.1, 0.15) is 21.9 Å². The standard InChI is InChI=1S/C12H12N2O4S3/c15-10(16)6-7-4-5-11(19-7)21(17,18)14-12-13-8-2-1-3-9(8)20-12/h4-5H,1-3,6H2,(H,13,14)(H,15,16). The molecule has 0 unspecified atom stereocenters. The lowest BCUT2D eigenvalue weighted by molar-refractivity contribution is -0.136. The fourth-order valence-corrected chi connectivity index (χ4v) is 5.78. The lowest BCUT2D eigenvalue weighted by atomic mass is 10.3. The molecule has 21 heavy (non-hydrogen) atoms. The molecule has 0 radical (unpaired) electrons. The summed E-state index contributed by atoms with van der Waals surface area (Å²) in [5.74, 6) is -0.981. The highest BCUT2D eigenvalue weighted by Crippen LogP contribution is 2.32. The average Bonchev–Trinajstić information content (AvgIpc) is 3.02. The van der Waals surface area contributed by atoms with E-state index in [4.69, 9.17) is 5.11 Å². The van der Waals surface area contributed by atoms with E-state index in [1.807, 2.05) is 0 Å². The number of thiophene rings is 1. The Morgan fingerprint density at radius 2 is 2.14 bits per heavy atom. The molecule has 3 rings (SSSR count). The summed E-state index contributed by atoms with van der Waals surface area (Å²) in [5, 5.41) is 9.10. The van der Waals surface area contributed by atoms with Gasteiger partial charge in [0.1, 0.15) is 4.21 Å². The lowest BCUT2D eigenvalue weighted by Gasteiger charge is -2.02. The Morgan fingerprint density at radius 3 is 2.86 bits per heavy atom. The van der Waals surface area contributed by atoms with Crippen LogP contribution in [0.5, 0.6) is 0 Å². The third-order valence-corrected chi connectivity index (χ3v) is 7.16. The van der Waals surface area contributed by atoms with Crippen LogP contribution in [0.3, 0.4) is 0 Å². The van der Waals surface area contributed by atoms with Crippen LogP contribution in [0.25, 0.3) is 0 Å². The zero-order valence-corrected chi connectivity index (χ0v) is 13.3. The summed E-state index contributed by atoms with van der Waals surface area (Å²) in [6.45, 7) is 0. The van der Waals surface area contributed by atoms with E-state index >= 15 is 0 Å². The number of sulfonamides is 1. The molecular weight excluding hydrogens is 332 g/mol. The van der Waals surface area contributed by atoms with E-state index in [0.29, 0.717) is 10.0 Å². The van der Waals surface area contributed by atoms with Gasteiger partial charge in [-0.1, -0.05) is 0 Å². The number of thiazole rings is 1. The minimum atomic E-state index is -3.69. The van der Waals surface area contributed by atoms with Crippen molar-refractivity contribution in [2.24, 2.45) is 0 Å². The molecule has 112 valence electrons. The maximum atomic E-state index is 12.2. The smallest absolute Gasteiger partial charge is 0.308 e. The Hall–Kier alpha value is -1.45. The first-order valence-electron chi connectivity index (χ1n) is 6.26. The second kappa shape index (κ2) is 5.39. The maximum Gasteiger partial charge on any atom is 0.308 e. The van der Waals surface area contributed by atoms with E-state index in [1.54, 1.807) is 0 Å². The van der Waals surface area contributed by atoms with Gasteiger partial charge in [-0.05, 0) is 31.4 Å². The number of aromatic nitrogens is 1. The van der Waals surface area contributed by atoms with Crippen molar-refractivity contribution in [3.05, 3.63) is 27.6 Å². The van der Waals surface area contributed by atoms with Crippen LogP contribution in [0, 0.1) is 0 Å². The Kier molecular flexibility index (Phi) is 3.72. The Morgan fingerprint density at radius 1 is 1.33 bits per heavy atom. The third kappa shape index (κ3) is 3.09. The van der Waals surface area contributed by atoms with Gasteiger partial charge in [0.25, 0.3) is 10.0 Å². The molecule has 0 amide bonds. The number of nitrogens with zero attached hydrogens (tertiary/aromatic N) is 1. The number of carboxylic acid groups (broad SMARTS) is 1. The molecule has 0 saturated carbocycles. The van der Waals surface area contributed by atoms with Gasteiger partial charge in [-0.25, -0.2) is 13.4 Å². The van der Waals surface area contributed by atoms with Crippen molar-refractivity contribution in [1.29, 1.82) is 0 Å². The molecule has 2 heterocycles. The van der Waals surface area contributed by atoms with Crippen molar-refractivity contribution >= 4 is 43.8 Å². The molecule has 2 aromatic heterocycles. The second-order valence-electron chi connectivity index (χ2n) is 4.64. The molecule has 2 aromatic rings. The van der Waals surface area contributed by atoms with E-state index in [1.165, 1.54) is 23.5 Å². The molecule has 0 fully saturated rings. The maximum absolute atomic E-state index is 12.2. The van der Waals surface area contributed by atoms with Gasteiger partial charge in [0.2, 0.25) is 0 Å². The van der Waals surface area contributed by atoms with Crippen molar-refractivity contribution in [2.75, 3.05) is 4.72 Å². The van der Waals surface area contributed by atoms with Gasteiger partial charge in [-0.3, -0.25) is 9.52 Å². The van der Waals surface area contributed by atoms with Crippen LogP contribution in [-0.4, -0.2) is 24.5 Å². The summed E-state index contributed by atoms with van der Waals surface area (Å²) in [7, 11) is -3.69. The number of fused-ring (bicyclic) bond motifs is 1.